The highest BCUT2D eigenvalue weighted by molar-refractivity contribution is 5.78. The van der Waals surface area contributed by atoms with E-state index in [0.717, 1.165) is 18.6 Å². The fourth-order valence-corrected chi connectivity index (χ4v) is 1.84. The van der Waals surface area contributed by atoms with Gasteiger partial charge in [-0.1, -0.05) is 12.1 Å². The van der Waals surface area contributed by atoms with Crippen molar-refractivity contribution in [3.8, 4) is 5.75 Å². The molecule has 3 nitrogen and oxygen atoms in total. The maximum atomic E-state index is 11.3. The highest BCUT2D eigenvalue weighted by Crippen LogP contribution is 2.17. The van der Waals surface area contributed by atoms with Crippen LogP contribution in [0, 0.1) is 5.92 Å². The molecule has 1 atom stereocenters. The van der Waals surface area contributed by atoms with Gasteiger partial charge in [-0.3, -0.25) is 4.79 Å². The number of aryl methyl sites for hydroxylation is 1. The van der Waals surface area contributed by atoms with Gasteiger partial charge in [0.15, 0.2) is 0 Å². The molecule has 0 saturated heterocycles. The quantitative estimate of drug-likeness (QED) is 0.789. The Kier molecular flexibility index (Phi) is 5.70. The zero-order valence-corrected chi connectivity index (χ0v) is 10.5. The SMILES string of the molecule is COc1ccc(CCC(CCO)C(C)=O)cc1. The van der Waals surface area contributed by atoms with Crippen LogP contribution < -0.4 is 4.74 Å². The molecule has 1 N–H and O–H groups in total. The zero-order valence-electron chi connectivity index (χ0n) is 10.5. The highest BCUT2D eigenvalue weighted by Gasteiger charge is 2.13. The largest absolute Gasteiger partial charge is 0.497 e. The summed E-state index contributed by atoms with van der Waals surface area (Å²) in [7, 11) is 1.64. The molecule has 94 valence electrons. The minimum atomic E-state index is -0.0258. The van der Waals surface area contributed by atoms with Gasteiger partial charge in [-0.15, -0.1) is 0 Å². The molecule has 3 heteroatoms. The third kappa shape index (κ3) is 4.57. The fourth-order valence-electron chi connectivity index (χ4n) is 1.84. The van der Waals surface area contributed by atoms with E-state index in [0.29, 0.717) is 6.42 Å². The molecule has 0 bridgehead atoms. The predicted molar refractivity (Wildman–Crippen MR) is 67.2 cm³/mol. The van der Waals surface area contributed by atoms with Crippen molar-refractivity contribution in [1.82, 2.24) is 0 Å². The molecule has 0 aliphatic heterocycles. The predicted octanol–water partition coefficient (Wildman–Crippen LogP) is 2.22. The summed E-state index contributed by atoms with van der Waals surface area (Å²) in [6.45, 7) is 1.67. The molecule has 1 rings (SSSR count). The van der Waals surface area contributed by atoms with Gasteiger partial charge in [0.2, 0.25) is 0 Å². The van der Waals surface area contributed by atoms with Gasteiger partial charge in [0, 0.05) is 12.5 Å². The van der Waals surface area contributed by atoms with Gasteiger partial charge in [0.1, 0.15) is 11.5 Å². The van der Waals surface area contributed by atoms with Crippen LogP contribution in [0.2, 0.25) is 0 Å². The molecule has 1 unspecified atom stereocenters. The molecular weight excluding hydrogens is 216 g/mol. The number of Topliss-reactive ketones (excluding diaryl/α,β-unsaturated/α-hetero) is 1. The smallest absolute Gasteiger partial charge is 0.133 e. The van der Waals surface area contributed by atoms with Gasteiger partial charge in [-0.2, -0.15) is 0 Å². The maximum Gasteiger partial charge on any atom is 0.133 e. The third-order valence-electron chi connectivity index (χ3n) is 2.99. The molecule has 0 saturated carbocycles. The minimum absolute atomic E-state index is 0.0258. The summed E-state index contributed by atoms with van der Waals surface area (Å²) in [5.41, 5.74) is 1.19. The molecule has 1 aromatic rings. The lowest BCUT2D eigenvalue weighted by molar-refractivity contribution is -0.121. The van der Waals surface area contributed by atoms with Crippen LogP contribution in [0.15, 0.2) is 24.3 Å². The van der Waals surface area contributed by atoms with Gasteiger partial charge >= 0.3 is 0 Å². The second-order valence-corrected chi connectivity index (χ2v) is 4.21. The number of aliphatic hydroxyl groups excluding tert-OH is 1. The van der Waals surface area contributed by atoms with Crippen molar-refractivity contribution in [2.45, 2.75) is 26.2 Å². The van der Waals surface area contributed by atoms with Gasteiger partial charge in [-0.05, 0) is 43.9 Å². The Bertz CT molecular complexity index is 343. The van der Waals surface area contributed by atoms with E-state index in [4.69, 9.17) is 9.84 Å². The molecule has 0 aliphatic rings. The lowest BCUT2D eigenvalue weighted by atomic mass is 9.93. The van der Waals surface area contributed by atoms with Crippen LogP contribution in [0.25, 0.3) is 0 Å². The van der Waals surface area contributed by atoms with Crippen molar-refractivity contribution in [1.29, 1.82) is 0 Å². The second-order valence-electron chi connectivity index (χ2n) is 4.21. The molecule has 0 aliphatic carbocycles. The van der Waals surface area contributed by atoms with Gasteiger partial charge in [0.25, 0.3) is 0 Å². The second kappa shape index (κ2) is 7.07. The van der Waals surface area contributed by atoms with Crippen molar-refractivity contribution in [3.05, 3.63) is 29.8 Å². The summed E-state index contributed by atoms with van der Waals surface area (Å²) in [5, 5.41) is 8.88. The van der Waals surface area contributed by atoms with E-state index in [9.17, 15) is 4.79 Å². The monoisotopic (exact) mass is 236 g/mol. The number of rotatable bonds is 7. The van der Waals surface area contributed by atoms with E-state index in [1.165, 1.54) is 5.56 Å². The van der Waals surface area contributed by atoms with Gasteiger partial charge in [-0.25, -0.2) is 0 Å². The van der Waals surface area contributed by atoms with Crippen molar-refractivity contribution in [2.75, 3.05) is 13.7 Å². The van der Waals surface area contributed by atoms with Crippen LogP contribution in [0.3, 0.4) is 0 Å². The summed E-state index contributed by atoms with van der Waals surface area (Å²) in [6, 6.07) is 7.86. The van der Waals surface area contributed by atoms with E-state index in [-0.39, 0.29) is 18.3 Å². The Morgan fingerprint density at radius 3 is 2.41 bits per heavy atom. The number of hydrogen-bond acceptors (Lipinski definition) is 3. The summed E-state index contributed by atoms with van der Waals surface area (Å²) in [5.74, 6) is 0.974. The van der Waals surface area contributed by atoms with Crippen LogP contribution in [0.5, 0.6) is 5.75 Å². The Labute approximate surface area is 102 Å². The first-order chi connectivity index (χ1) is 8.17. The van der Waals surface area contributed by atoms with Crippen LogP contribution in [0.4, 0.5) is 0 Å². The number of hydrogen-bond donors (Lipinski definition) is 1. The topological polar surface area (TPSA) is 46.5 Å². The molecule has 0 aromatic heterocycles. The van der Waals surface area contributed by atoms with E-state index >= 15 is 0 Å². The fraction of sp³-hybridized carbons (Fsp3) is 0.500. The molecule has 0 heterocycles. The van der Waals surface area contributed by atoms with Crippen molar-refractivity contribution in [3.63, 3.8) is 0 Å². The maximum absolute atomic E-state index is 11.3. The molecule has 0 spiro atoms. The lowest BCUT2D eigenvalue weighted by Crippen LogP contribution is -2.13. The zero-order chi connectivity index (χ0) is 12.7. The Morgan fingerprint density at radius 1 is 1.29 bits per heavy atom. The van der Waals surface area contributed by atoms with E-state index < -0.39 is 0 Å². The van der Waals surface area contributed by atoms with E-state index in [1.807, 2.05) is 24.3 Å². The molecule has 17 heavy (non-hydrogen) atoms. The number of carbonyl (C=O) groups is 1. The van der Waals surface area contributed by atoms with Crippen molar-refractivity contribution in [2.24, 2.45) is 5.92 Å². The molecular formula is C14H20O3. The number of benzene rings is 1. The Balaban J connectivity index is 2.50. The van der Waals surface area contributed by atoms with Crippen LogP contribution in [-0.2, 0) is 11.2 Å². The number of ketones is 1. The summed E-state index contributed by atoms with van der Waals surface area (Å²) >= 11 is 0. The molecule has 1 aromatic carbocycles. The van der Waals surface area contributed by atoms with Crippen molar-refractivity contribution < 1.29 is 14.6 Å². The number of aliphatic hydroxyl groups is 1. The van der Waals surface area contributed by atoms with Crippen LogP contribution in [-0.4, -0.2) is 24.6 Å². The van der Waals surface area contributed by atoms with E-state index in [2.05, 4.69) is 0 Å². The van der Waals surface area contributed by atoms with Gasteiger partial charge < -0.3 is 9.84 Å². The average molecular weight is 236 g/mol. The first kappa shape index (κ1) is 13.7. The number of methoxy groups -OCH3 is 1. The Hall–Kier alpha value is -1.35. The summed E-state index contributed by atoms with van der Waals surface area (Å²) in [6.07, 6.45) is 2.21. The Morgan fingerprint density at radius 2 is 1.94 bits per heavy atom. The lowest BCUT2D eigenvalue weighted by Gasteiger charge is -2.12. The average Bonchev–Trinajstić information content (AvgIpc) is 2.34. The number of ether oxygens (including phenoxy) is 1. The van der Waals surface area contributed by atoms with E-state index in [1.54, 1.807) is 14.0 Å². The number of carbonyl (C=O) groups excluding carboxylic acids is 1. The van der Waals surface area contributed by atoms with Crippen LogP contribution in [0.1, 0.15) is 25.3 Å². The van der Waals surface area contributed by atoms with Crippen molar-refractivity contribution >= 4 is 5.78 Å². The molecule has 0 amide bonds. The standard InChI is InChI=1S/C14H20O3/c1-11(16)13(9-10-15)6-3-12-4-7-14(17-2)8-5-12/h4-5,7-8,13,15H,3,6,9-10H2,1-2H3. The molecule has 0 radical (unpaired) electrons. The van der Waals surface area contributed by atoms with Crippen LogP contribution >= 0.6 is 0 Å². The normalized spacial score (nSPS) is 12.2. The highest BCUT2D eigenvalue weighted by atomic mass is 16.5. The third-order valence-corrected chi connectivity index (χ3v) is 2.99. The molecule has 0 fully saturated rings. The summed E-state index contributed by atoms with van der Waals surface area (Å²) in [4.78, 5) is 11.3. The first-order valence-corrected chi connectivity index (χ1v) is 5.91. The minimum Gasteiger partial charge on any atom is -0.497 e. The first-order valence-electron chi connectivity index (χ1n) is 5.91. The summed E-state index contributed by atoms with van der Waals surface area (Å²) < 4.78 is 5.08. The van der Waals surface area contributed by atoms with Gasteiger partial charge in [0.05, 0.1) is 7.11 Å².